The lowest BCUT2D eigenvalue weighted by molar-refractivity contribution is -0.146. The van der Waals surface area contributed by atoms with Crippen molar-refractivity contribution in [3.05, 3.63) is 0 Å². The van der Waals surface area contributed by atoms with Gasteiger partial charge in [-0.2, -0.15) is 0 Å². The monoisotopic (exact) mass is 242 g/mol. The molecule has 100 valence electrons. The van der Waals surface area contributed by atoms with Crippen molar-refractivity contribution in [3.8, 4) is 0 Å². The third kappa shape index (κ3) is 5.04. The van der Waals surface area contributed by atoms with Crippen LogP contribution in [-0.4, -0.2) is 43.2 Å². The first kappa shape index (κ1) is 14.5. The van der Waals surface area contributed by atoms with Crippen molar-refractivity contribution in [2.75, 3.05) is 26.7 Å². The van der Waals surface area contributed by atoms with Gasteiger partial charge in [-0.3, -0.25) is 4.79 Å². The van der Waals surface area contributed by atoms with Crippen LogP contribution in [0.1, 0.15) is 45.4 Å². The standard InChI is InChI=1S/C13H26N2O2/c1-13(14,12(16)17-2)8-4-7-11-15-9-5-3-6-10-15/h3-11,14H2,1-2H3. The molecular formula is C13H26N2O2. The Morgan fingerprint density at radius 1 is 1.29 bits per heavy atom. The van der Waals surface area contributed by atoms with Crippen LogP contribution in [0.2, 0.25) is 0 Å². The highest BCUT2D eigenvalue weighted by Gasteiger charge is 2.28. The van der Waals surface area contributed by atoms with Crippen LogP contribution in [0.3, 0.4) is 0 Å². The largest absolute Gasteiger partial charge is 0.468 e. The van der Waals surface area contributed by atoms with E-state index in [4.69, 9.17) is 5.73 Å². The number of esters is 1. The van der Waals surface area contributed by atoms with Gasteiger partial charge in [-0.15, -0.1) is 0 Å². The number of unbranched alkanes of at least 4 members (excludes halogenated alkanes) is 1. The van der Waals surface area contributed by atoms with Crippen molar-refractivity contribution >= 4 is 5.97 Å². The first-order valence-electron chi connectivity index (χ1n) is 6.66. The van der Waals surface area contributed by atoms with Crippen molar-refractivity contribution in [1.82, 2.24) is 4.90 Å². The number of hydrogen-bond donors (Lipinski definition) is 1. The summed E-state index contributed by atoms with van der Waals surface area (Å²) in [6.45, 7) is 5.35. The number of piperidine rings is 1. The maximum atomic E-state index is 11.4. The molecule has 1 heterocycles. The van der Waals surface area contributed by atoms with Gasteiger partial charge < -0.3 is 15.4 Å². The van der Waals surface area contributed by atoms with Gasteiger partial charge in [-0.25, -0.2) is 0 Å². The zero-order valence-corrected chi connectivity index (χ0v) is 11.2. The van der Waals surface area contributed by atoms with Gasteiger partial charge >= 0.3 is 5.97 Å². The molecule has 0 aromatic rings. The number of carbonyl (C=O) groups is 1. The molecule has 0 aliphatic carbocycles. The molecule has 17 heavy (non-hydrogen) atoms. The van der Waals surface area contributed by atoms with E-state index in [1.165, 1.54) is 39.5 Å². The molecular weight excluding hydrogens is 216 g/mol. The fourth-order valence-corrected chi connectivity index (χ4v) is 2.35. The van der Waals surface area contributed by atoms with Gasteiger partial charge in [-0.05, 0) is 58.7 Å². The molecule has 2 N–H and O–H groups in total. The lowest BCUT2D eigenvalue weighted by Crippen LogP contribution is -2.45. The van der Waals surface area contributed by atoms with Crippen LogP contribution in [0.15, 0.2) is 0 Å². The highest BCUT2D eigenvalue weighted by Crippen LogP contribution is 2.14. The van der Waals surface area contributed by atoms with Crippen molar-refractivity contribution in [2.45, 2.75) is 51.0 Å². The van der Waals surface area contributed by atoms with Gasteiger partial charge in [0.1, 0.15) is 5.54 Å². The summed E-state index contributed by atoms with van der Waals surface area (Å²) in [5.41, 5.74) is 5.08. The average Bonchev–Trinajstić information content (AvgIpc) is 2.35. The van der Waals surface area contributed by atoms with E-state index >= 15 is 0 Å². The summed E-state index contributed by atoms with van der Waals surface area (Å²) < 4.78 is 4.69. The predicted molar refractivity (Wildman–Crippen MR) is 68.8 cm³/mol. The fraction of sp³-hybridized carbons (Fsp3) is 0.923. The predicted octanol–water partition coefficient (Wildman–Crippen LogP) is 1.53. The van der Waals surface area contributed by atoms with E-state index in [9.17, 15) is 4.79 Å². The molecule has 0 aromatic heterocycles. The van der Waals surface area contributed by atoms with Crippen molar-refractivity contribution in [2.24, 2.45) is 5.73 Å². The molecule has 0 amide bonds. The Labute approximate surface area is 104 Å². The lowest BCUT2D eigenvalue weighted by atomic mass is 9.96. The fourth-order valence-electron chi connectivity index (χ4n) is 2.35. The number of hydrogen-bond acceptors (Lipinski definition) is 4. The molecule has 1 unspecified atom stereocenters. The van der Waals surface area contributed by atoms with Crippen LogP contribution in [0.5, 0.6) is 0 Å². The SMILES string of the molecule is COC(=O)C(C)(N)CCCCN1CCCCC1. The second kappa shape index (κ2) is 6.97. The van der Waals surface area contributed by atoms with E-state index < -0.39 is 5.54 Å². The molecule has 1 aliphatic heterocycles. The normalized spacial score (nSPS) is 20.9. The molecule has 4 nitrogen and oxygen atoms in total. The number of likely N-dealkylation sites (tertiary alicyclic amines) is 1. The number of carbonyl (C=O) groups excluding carboxylic acids is 1. The smallest absolute Gasteiger partial charge is 0.325 e. The van der Waals surface area contributed by atoms with Gasteiger partial charge in [-0.1, -0.05) is 6.42 Å². The molecule has 1 saturated heterocycles. The first-order valence-corrected chi connectivity index (χ1v) is 6.66. The molecule has 1 atom stereocenters. The Bertz CT molecular complexity index is 236. The van der Waals surface area contributed by atoms with E-state index in [0.717, 1.165) is 19.4 Å². The molecule has 0 aromatic carbocycles. The summed E-state index contributed by atoms with van der Waals surface area (Å²) in [4.78, 5) is 13.9. The third-order valence-electron chi connectivity index (χ3n) is 3.52. The van der Waals surface area contributed by atoms with Gasteiger partial charge in [0.05, 0.1) is 7.11 Å². The number of methoxy groups -OCH3 is 1. The summed E-state index contributed by atoms with van der Waals surface area (Å²) in [7, 11) is 1.39. The summed E-state index contributed by atoms with van der Waals surface area (Å²) >= 11 is 0. The quantitative estimate of drug-likeness (QED) is 0.567. The van der Waals surface area contributed by atoms with Crippen LogP contribution in [0.25, 0.3) is 0 Å². The molecule has 0 spiro atoms. The highest BCUT2D eigenvalue weighted by molar-refractivity contribution is 5.79. The Morgan fingerprint density at radius 3 is 2.53 bits per heavy atom. The molecule has 0 radical (unpaired) electrons. The second-order valence-electron chi connectivity index (χ2n) is 5.27. The first-order chi connectivity index (χ1) is 8.06. The van der Waals surface area contributed by atoms with Crippen molar-refractivity contribution < 1.29 is 9.53 Å². The third-order valence-corrected chi connectivity index (χ3v) is 3.52. The van der Waals surface area contributed by atoms with Crippen LogP contribution in [0, 0.1) is 0 Å². The topological polar surface area (TPSA) is 55.6 Å². The summed E-state index contributed by atoms with van der Waals surface area (Å²) in [6.07, 6.45) is 6.84. The molecule has 1 aliphatic rings. The Kier molecular flexibility index (Phi) is 5.92. The summed E-state index contributed by atoms with van der Waals surface area (Å²) in [5, 5.41) is 0. The minimum absolute atomic E-state index is 0.310. The van der Waals surface area contributed by atoms with E-state index in [0.29, 0.717) is 6.42 Å². The van der Waals surface area contributed by atoms with Gasteiger partial charge in [0.15, 0.2) is 0 Å². The van der Waals surface area contributed by atoms with E-state index in [1.807, 2.05) is 0 Å². The van der Waals surface area contributed by atoms with Gasteiger partial charge in [0, 0.05) is 0 Å². The van der Waals surface area contributed by atoms with Gasteiger partial charge in [0.2, 0.25) is 0 Å². The summed E-state index contributed by atoms with van der Waals surface area (Å²) in [6, 6.07) is 0. The zero-order valence-electron chi connectivity index (χ0n) is 11.2. The van der Waals surface area contributed by atoms with Crippen molar-refractivity contribution in [3.63, 3.8) is 0 Å². The lowest BCUT2D eigenvalue weighted by Gasteiger charge is -2.27. The molecule has 0 bridgehead atoms. The second-order valence-corrected chi connectivity index (χ2v) is 5.27. The summed E-state index contributed by atoms with van der Waals surface area (Å²) in [5.74, 6) is -0.310. The van der Waals surface area contributed by atoms with Crippen molar-refractivity contribution in [1.29, 1.82) is 0 Å². The van der Waals surface area contributed by atoms with Crippen LogP contribution in [-0.2, 0) is 9.53 Å². The zero-order chi connectivity index (χ0) is 12.7. The number of nitrogens with zero attached hydrogens (tertiary/aromatic N) is 1. The van der Waals surface area contributed by atoms with Crippen LogP contribution in [0.4, 0.5) is 0 Å². The Hall–Kier alpha value is -0.610. The van der Waals surface area contributed by atoms with Gasteiger partial charge in [0.25, 0.3) is 0 Å². The van der Waals surface area contributed by atoms with E-state index in [2.05, 4.69) is 9.64 Å². The van der Waals surface area contributed by atoms with E-state index in [1.54, 1.807) is 6.92 Å². The minimum atomic E-state index is -0.823. The average molecular weight is 242 g/mol. The number of nitrogens with two attached hydrogens (primary N) is 1. The Morgan fingerprint density at radius 2 is 1.94 bits per heavy atom. The highest BCUT2D eigenvalue weighted by atomic mass is 16.5. The molecule has 0 saturated carbocycles. The molecule has 4 heteroatoms. The molecule has 1 rings (SSSR count). The maximum Gasteiger partial charge on any atom is 0.325 e. The molecule has 1 fully saturated rings. The minimum Gasteiger partial charge on any atom is -0.468 e. The van der Waals surface area contributed by atoms with Crippen LogP contribution < -0.4 is 5.73 Å². The van der Waals surface area contributed by atoms with Crippen LogP contribution >= 0.6 is 0 Å². The maximum absolute atomic E-state index is 11.4. The number of ether oxygens (including phenoxy) is 1. The number of rotatable bonds is 6. The van der Waals surface area contributed by atoms with E-state index in [-0.39, 0.29) is 5.97 Å². The Balaban J connectivity index is 2.12.